The number of benzene rings is 2. The zero-order chi connectivity index (χ0) is 18.4. The van der Waals surface area contributed by atoms with Crippen LogP contribution < -0.4 is 15.4 Å². The second-order valence-corrected chi connectivity index (χ2v) is 7.87. The van der Waals surface area contributed by atoms with Crippen LogP contribution in [0.1, 0.15) is 32.1 Å². The van der Waals surface area contributed by atoms with Crippen molar-refractivity contribution in [2.45, 2.75) is 44.2 Å². The number of amides is 1. The van der Waals surface area contributed by atoms with E-state index in [-0.39, 0.29) is 5.91 Å². The molecule has 27 heavy (non-hydrogen) atoms. The third-order valence-corrected chi connectivity index (χ3v) is 6.02. The number of carbonyl (C=O) groups excluding carboxylic acids is 1. The number of para-hydroxylation sites is 1. The van der Waals surface area contributed by atoms with Crippen molar-refractivity contribution < 1.29 is 13.9 Å². The molecule has 3 aromatic rings. The molecule has 140 valence electrons. The highest BCUT2D eigenvalue weighted by molar-refractivity contribution is 6.07. The standard InChI is InChI=1S/C22H24N2O3/c1-26-21-11-17-16-4-2-3-5-19(16)27-20(17)12-18(21)24-22(25)10-13-8-14-6-7-15(9-13)23-14/h2-5,11-15,23H,6-10H2,1H3,(H,24,25). The number of hydrogen-bond donors (Lipinski definition) is 2. The van der Waals surface area contributed by atoms with Gasteiger partial charge in [-0.3, -0.25) is 4.79 Å². The first-order valence-corrected chi connectivity index (χ1v) is 9.75. The number of furan rings is 1. The van der Waals surface area contributed by atoms with Crippen molar-refractivity contribution in [3.8, 4) is 5.75 Å². The number of ether oxygens (including phenoxy) is 1. The van der Waals surface area contributed by atoms with Crippen molar-refractivity contribution in [1.29, 1.82) is 0 Å². The Labute approximate surface area is 158 Å². The van der Waals surface area contributed by atoms with Gasteiger partial charge in [-0.2, -0.15) is 0 Å². The van der Waals surface area contributed by atoms with Gasteiger partial charge in [0.2, 0.25) is 5.91 Å². The molecule has 2 saturated heterocycles. The number of rotatable bonds is 4. The van der Waals surface area contributed by atoms with Crippen LogP contribution in [0.25, 0.3) is 21.9 Å². The smallest absolute Gasteiger partial charge is 0.224 e. The number of methoxy groups -OCH3 is 1. The van der Waals surface area contributed by atoms with Crippen LogP contribution in [0, 0.1) is 5.92 Å². The summed E-state index contributed by atoms with van der Waals surface area (Å²) in [5.74, 6) is 1.17. The second kappa shape index (κ2) is 6.57. The molecule has 2 bridgehead atoms. The first-order valence-electron chi connectivity index (χ1n) is 9.75. The molecule has 3 heterocycles. The summed E-state index contributed by atoms with van der Waals surface area (Å²) in [6.07, 6.45) is 5.27. The molecule has 5 nitrogen and oxygen atoms in total. The van der Waals surface area contributed by atoms with Gasteiger partial charge in [0.25, 0.3) is 0 Å². The second-order valence-electron chi connectivity index (χ2n) is 7.87. The fraction of sp³-hybridized carbons (Fsp3) is 0.409. The number of hydrogen-bond acceptors (Lipinski definition) is 4. The summed E-state index contributed by atoms with van der Waals surface area (Å²) in [4.78, 5) is 12.7. The van der Waals surface area contributed by atoms with Gasteiger partial charge in [-0.15, -0.1) is 0 Å². The fourth-order valence-corrected chi connectivity index (χ4v) is 4.82. The fourth-order valence-electron chi connectivity index (χ4n) is 4.82. The summed E-state index contributed by atoms with van der Waals surface area (Å²) >= 11 is 0. The molecule has 1 amide bonds. The number of anilines is 1. The summed E-state index contributed by atoms with van der Waals surface area (Å²) in [6, 6.07) is 12.9. The Kier molecular flexibility index (Phi) is 4.05. The van der Waals surface area contributed by atoms with Crippen molar-refractivity contribution in [2.75, 3.05) is 12.4 Å². The Bertz CT molecular complexity index is 997. The average Bonchev–Trinajstić information content (AvgIpc) is 3.19. The van der Waals surface area contributed by atoms with Crippen LogP contribution in [0.4, 0.5) is 5.69 Å². The van der Waals surface area contributed by atoms with Gasteiger partial charge in [-0.25, -0.2) is 0 Å². The lowest BCUT2D eigenvalue weighted by molar-refractivity contribution is -0.117. The van der Waals surface area contributed by atoms with Gasteiger partial charge in [0.15, 0.2) is 0 Å². The molecular weight excluding hydrogens is 340 g/mol. The highest BCUT2D eigenvalue weighted by Gasteiger charge is 2.34. The Morgan fingerprint density at radius 1 is 1.15 bits per heavy atom. The minimum absolute atomic E-state index is 0.0510. The molecule has 2 atom stereocenters. The highest BCUT2D eigenvalue weighted by atomic mass is 16.5. The lowest BCUT2D eigenvalue weighted by atomic mass is 9.89. The van der Waals surface area contributed by atoms with E-state index in [1.54, 1.807) is 7.11 Å². The van der Waals surface area contributed by atoms with E-state index in [4.69, 9.17) is 9.15 Å². The summed E-state index contributed by atoms with van der Waals surface area (Å²) in [5.41, 5.74) is 2.27. The molecule has 0 saturated carbocycles. The molecule has 2 aromatic carbocycles. The van der Waals surface area contributed by atoms with E-state index in [1.165, 1.54) is 12.8 Å². The number of carbonyl (C=O) groups is 1. The Hall–Kier alpha value is -2.53. The Balaban J connectivity index is 1.38. The SMILES string of the molecule is COc1cc2c(cc1NC(=O)CC1CC3CCC(C1)N3)oc1ccccc12. The van der Waals surface area contributed by atoms with Crippen LogP contribution in [0.15, 0.2) is 40.8 Å². The van der Waals surface area contributed by atoms with Gasteiger partial charge in [0, 0.05) is 35.3 Å². The van der Waals surface area contributed by atoms with E-state index < -0.39 is 0 Å². The predicted molar refractivity (Wildman–Crippen MR) is 106 cm³/mol. The molecule has 1 aromatic heterocycles. The van der Waals surface area contributed by atoms with Gasteiger partial charge < -0.3 is 19.8 Å². The molecular formula is C22H24N2O3. The van der Waals surface area contributed by atoms with E-state index in [1.807, 2.05) is 36.4 Å². The maximum atomic E-state index is 12.7. The lowest BCUT2D eigenvalue weighted by Gasteiger charge is -2.28. The van der Waals surface area contributed by atoms with Gasteiger partial charge >= 0.3 is 0 Å². The number of piperidine rings is 1. The summed E-state index contributed by atoms with van der Waals surface area (Å²) in [6.45, 7) is 0. The molecule has 5 rings (SSSR count). The highest BCUT2D eigenvalue weighted by Crippen LogP contribution is 2.37. The summed E-state index contributed by atoms with van der Waals surface area (Å²) in [5, 5.41) is 8.73. The molecule has 2 fully saturated rings. The Morgan fingerprint density at radius 2 is 1.93 bits per heavy atom. The van der Waals surface area contributed by atoms with Crippen molar-refractivity contribution in [2.24, 2.45) is 5.92 Å². The molecule has 5 heteroatoms. The van der Waals surface area contributed by atoms with Crippen molar-refractivity contribution in [3.05, 3.63) is 36.4 Å². The van der Waals surface area contributed by atoms with E-state index in [9.17, 15) is 4.79 Å². The van der Waals surface area contributed by atoms with Crippen LogP contribution in [0.3, 0.4) is 0 Å². The van der Waals surface area contributed by atoms with E-state index >= 15 is 0 Å². The van der Waals surface area contributed by atoms with E-state index in [0.29, 0.717) is 35.9 Å². The Morgan fingerprint density at radius 3 is 2.70 bits per heavy atom. The monoisotopic (exact) mass is 364 g/mol. The van der Waals surface area contributed by atoms with Crippen molar-refractivity contribution in [1.82, 2.24) is 5.32 Å². The molecule has 2 unspecified atom stereocenters. The topological polar surface area (TPSA) is 63.5 Å². The molecule has 2 N–H and O–H groups in total. The van der Waals surface area contributed by atoms with Crippen LogP contribution in [-0.2, 0) is 4.79 Å². The maximum absolute atomic E-state index is 12.7. The largest absolute Gasteiger partial charge is 0.495 e. The van der Waals surface area contributed by atoms with Crippen LogP contribution in [0.2, 0.25) is 0 Å². The lowest BCUT2D eigenvalue weighted by Crippen LogP contribution is -2.39. The van der Waals surface area contributed by atoms with Crippen LogP contribution in [-0.4, -0.2) is 25.1 Å². The van der Waals surface area contributed by atoms with Crippen molar-refractivity contribution >= 4 is 33.5 Å². The predicted octanol–water partition coefficient (Wildman–Crippen LogP) is 4.45. The average molecular weight is 364 g/mol. The minimum Gasteiger partial charge on any atom is -0.495 e. The van der Waals surface area contributed by atoms with E-state index in [0.717, 1.165) is 34.8 Å². The van der Waals surface area contributed by atoms with E-state index in [2.05, 4.69) is 10.6 Å². The minimum atomic E-state index is 0.0510. The zero-order valence-corrected chi connectivity index (χ0v) is 15.5. The first-order chi connectivity index (χ1) is 13.2. The van der Waals surface area contributed by atoms with Gasteiger partial charge in [0.1, 0.15) is 16.9 Å². The maximum Gasteiger partial charge on any atom is 0.224 e. The zero-order valence-electron chi connectivity index (χ0n) is 15.5. The molecule has 2 aliphatic heterocycles. The molecule has 0 spiro atoms. The molecule has 0 radical (unpaired) electrons. The third kappa shape index (κ3) is 3.06. The van der Waals surface area contributed by atoms with Crippen LogP contribution >= 0.6 is 0 Å². The van der Waals surface area contributed by atoms with Gasteiger partial charge in [-0.05, 0) is 43.7 Å². The summed E-state index contributed by atoms with van der Waals surface area (Å²) < 4.78 is 11.5. The number of fused-ring (bicyclic) bond motifs is 5. The summed E-state index contributed by atoms with van der Waals surface area (Å²) in [7, 11) is 1.63. The third-order valence-electron chi connectivity index (χ3n) is 6.02. The molecule has 0 aliphatic carbocycles. The first kappa shape index (κ1) is 16.6. The van der Waals surface area contributed by atoms with Gasteiger partial charge in [0.05, 0.1) is 12.8 Å². The normalized spacial score (nSPS) is 24.4. The molecule has 2 aliphatic rings. The van der Waals surface area contributed by atoms with Crippen molar-refractivity contribution in [3.63, 3.8) is 0 Å². The van der Waals surface area contributed by atoms with Gasteiger partial charge in [-0.1, -0.05) is 18.2 Å². The quantitative estimate of drug-likeness (QED) is 0.718. The van der Waals surface area contributed by atoms with Crippen LogP contribution in [0.5, 0.6) is 5.75 Å². The number of nitrogens with one attached hydrogen (secondary N) is 2.